The highest BCUT2D eigenvalue weighted by Crippen LogP contribution is 2.27. The molecule has 0 bridgehead atoms. The Morgan fingerprint density at radius 3 is 2.43 bits per heavy atom. The lowest BCUT2D eigenvalue weighted by molar-refractivity contribution is -0.138. The number of nitrogens with zero attached hydrogens (tertiary/aromatic N) is 1. The van der Waals surface area contributed by atoms with E-state index in [1.165, 1.54) is 0 Å². The Labute approximate surface area is 123 Å². The molecule has 1 aromatic heterocycles. The van der Waals surface area contributed by atoms with E-state index in [0.717, 1.165) is 35.7 Å². The van der Waals surface area contributed by atoms with Crippen LogP contribution in [0.5, 0.6) is 0 Å². The van der Waals surface area contributed by atoms with Gasteiger partial charge in [-0.1, -0.05) is 13.8 Å². The van der Waals surface area contributed by atoms with Gasteiger partial charge in [0.2, 0.25) is 0 Å². The quantitative estimate of drug-likeness (QED) is 0.839. The summed E-state index contributed by atoms with van der Waals surface area (Å²) in [5, 5.41) is 3.23. The first-order chi connectivity index (χ1) is 9.70. The third-order valence-corrected chi connectivity index (χ3v) is 3.33. The Hall–Kier alpha value is -1.30. The number of hydrogen-bond donors (Lipinski definition) is 1. The molecule has 1 N–H and O–H groups in total. The normalized spacial score (nSPS) is 13.7. The highest BCUT2D eigenvalue weighted by Gasteiger charge is 2.30. The molecule has 0 saturated carbocycles. The molecule has 0 aliphatic carbocycles. The smallest absolute Gasteiger partial charge is 0.314 e. The fraction of sp³-hybridized carbons (Fsp3) is 0.667. The molecule has 0 aliphatic heterocycles. The minimum absolute atomic E-state index is 0.231. The summed E-state index contributed by atoms with van der Waals surface area (Å²) in [7, 11) is 0. The largest absolute Gasteiger partial charge is 0.417 e. The monoisotopic (exact) mass is 304 g/mol. The molecule has 0 spiro atoms. The van der Waals surface area contributed by atoms with Crippen LogP contribution in [0.25, 0.3) is 0 Å². The second-order valence-electron chi connectivity index (χ2n) is 5.77. The van der Waals surface area contributed by atoms with Crippen LogP contribution >= 0.6 is 0 Å². The summed E-state index contributed by atoms with van der Waals surface area (Å²) >= 11 is 0. The van der Waals surface area contributed by atoms with Gasteiger partial charge in [0.15, 0.2) is 0 Å². The third-order valence-electron chi connectivity index (χ3n) is 3.33. The second kappa shape index (κ2) is 7.64. The Morgan fingerprint density at radius 2 is 1.86 bits per heavy atom. The summed E-state index contributed by atoms with van der Waals surface area (Å²) < 4.78 is 38.9. The van der Waals surface area contributed by atoms with Crippen molar-refractivity contribution in [1.29, 1.82) is 0 Å². The third kappa shape index (κ3) is 6.33. The number of halogens is 3. The molecule has 120 valence electrons. The van der Waals surface area contributed by atoms with E-state index in [1.54, 1.807) is 0 Å². The molecule has 3 nitrogen and oxygen atoms in total. The van der Waals surface area contributed by atoms with Gasteiger partial charge < -0.3 is 9.88 Å². The maximum Gasteiger partial charge on any atom is 0.417 e. The molecule has 1 atom stereocenters. The lowest BCUT2D eigenvalue weighted by atomic mass is 10.0. The van der Waals surface area contributed by atoms with Crippen molar-refractivity contribution < 1.29 is 13.2 Å². The lowest BCUT2D eigenvalue weighted by Crippen LogP contribution is -2.32. The molecule has 0 radical (unpaired) electrons. The average Bonchev–Trinajstić information content (AvgIpc) is 2.37. The van der Waals surface area contributed by atoms with E-state index in [4.69, 9.17) is 0 Å². The Balaban J connectivity index is 2.54. The standard InChI is InChI=1S/C15H23F3N2O/c1-11(2)4-5-12(3)19-8-9-20-10-13(15(16,17)18)6-7-14(20)21/h6-7,10-12,19H,4-5,8-9H2,1-3H3. The zero-order valence-corrected chi connectivity index (χ0v) is 12.7. The van der Waals surface area contributed by atoms with E-state index in [2.05, 4.69) is 19.2 Å². The van der Waals surface area contributed by atoms with Gasteiger partial charge in [0.05, 0.1) is 5.56 Å². The molecule has 6 heteroatoms. The summed E-state index contributed by atoms with van der Waals surface area (Å²) in [5.41, 5.74) is -1.21. The highest BCUT2D eigenvalue weighted by molar-refractivity contribution is 5.13. The number of nitrogens with one attached hydrogen (secondary N) is 1. The minimum Gasteiger partial charge on any atom is -0.314 e. The number of hydrogen-bond acceptors (Lipinski definition) is 2. The van der Waals surface area contributed by atoms with Crippen LogP contribution in [0.1, 0.15) is 39.2 Å². The predicted molar refractivity (Wildman–Crippen MR) is 77.2 cm³/mol. The van der Waals surface area contributed by atoms with Gasteiger partial charge in [-0.25, -0.2) is 0 Å². The van der Waals surface area contributed by atoms with Crippen molar-refractivity contribution >= 4 is 0 Å². The van der Waals surface area contributed by atoms with Gasteiger partial charge >= 0.3 is 6.18 Å². The van der Waals surface area contributed by atoms with E-state index in [1.807, 2.05) is 6.92 Å². The van der Waals surface area contributed by atoms with Gasteiger partial charge in [0.1, 0.15) is 0 Å². The van der Waals surface area contributed by atoms with E-state index in [9.17, 15) is 18.0 Å². The van der Waals surface area contributed by atoms with Gasteiger partial charge in [-0.3, -0.25) is 4.79 Å². The van der Waals surface area contributed by atoms with Crippen molar-refractivity contribution in [3.05, 3.63) is 34.2 Å². The zero-order chi connectivity index (χ0) is 16.0. The van der Waals surface area contributed by atoms with Crippen molar-refractivity contribution in [3.63, 3.8) is 0 Å². The molecule has 0 fully saturated rings. The topological polar surface area (TPSA) is 34.0 Å². The maximum absolute atomic E-state index is 12.6. The van der Waals surface area contributed by atoms with E-state index in [-0.39, 0.29) is 12.6 Å². The first-order valence-electron chi connectivity index (χ1n) is 7.21. The molecular weight excluding hydrogens is 281 g/mol. The van der Waals surface area contributed by atoms with Crippen LogP contribution in [-0.4, -0.2) is 17.2 Å². The second-order valence-corrected chi connectivity index (χ2v) is 5.77. The molecule has 0 saturated heterocycles. The minimum atomic E-state index is -4.42. The molecule has 1 aromatic rings. The van der Waals surface area contributed by atoms with Crippen LogP contribution < -0.4 is 10.9 Å². The van der Waals surface area contributed by atoms with Crippen LogP contribution in [-0.2, 0) is 12.7 Å². The Kier molecular flexibility index (Phi) is 6.45. The van der Waals surface area contributed by atoms with Gasteiger partial charge in [-0.15, -0.1) is 0 Å². The molecular formula is C15H23F3N2O. The fourth-order valence-electron chi connectivity index (χ4n) is 1.99. The summed E-state index contributed by atoms with van der Waals surface area (Å²) in [6.45, 7) is 7.04. The van der Waals surface area contributed by atoms with Crippen LogP contribution in [0.2, 0.25) is 0 Å². The molecule has 1 heterocycles. The predicted octanol–water partition coefficient (Wildman–Crippen LogP) is 3.28. The molecule has 0 amide bonds. The van der Waals surface area contributed by atoms with Crippen molar-refractivity contribution in [1.82, 2.24) is 9.88 Å². The fourth-order valence-corrected chi connectivity index (χ4v) is 1.99. The first kappa shape index (κ1) is 17.8. The average molecular weight is 304 g/mol. The van der Waals surface area contributed by atoms with E-state index >= 15 is 0 Å². The van der Waals surface area contributed by atoms with Gasteiger partial charge in [0.25, 0.3) is 5.56 Å². The first-order valence-corrected chi connectivity index (χ1v) is 7.21. The van der Waals surface area contributed by atoms with E-state index in [0.29, 0.717) is 12.5 Å². The van der Waals surface area contributed by atoms with Crippen LogP contribution in [0.4, 0.5) is 13.2 Å². The highest BCUT2D eigenvalue weighted by atomic mass is 19.4. The van der Waals surface area contributed by atoms with Crippen molar-refractivity contribution in [2.75, 3.05) is 6.54 Å². The number of pyridine rings is 1. The maximum atomic E-state index is 12.6. The molecule has 1 unspecified atom stereocenters. The van der Waals surface area contributed by atoms with E-state index < -0.39 is 17.3 Å². The number of rotatable bonds is 7. The van der Waals surface area contributed by atoms with Crippen molar-refractivity contribution in [2.45, 2.75) is 52.4 Å². The number of aromatic nitrogens is 1. The van der Waals surface area contributed by atoms with Gasteiger partial charge in [-0.2, -0.15) is 13.2 Å². The van der Waals surface area contributed by atoms with Crippen molar-refractivity contribution in [2.24, 2.45) is 5.92 Å². The zero-order valence-electron chi connectivity index (χ0n) is 12.7. The molecule has 0 aromatic carbocycles. The summed E-state index contributed by atoms with van der Waals surface area (Å²) in [6, 6.07) is 2.07. The van der Waals surface area contributed by atoms with Crippen LogP contribution in [0.3, 0.4) is 0 Å². The summed E-state index contributed by atoms with van der Waals surface area (Å²) in [5.74, 6) is 0.625. The lowest BCUT2D eigenvalue weighted by Gasteiger charge is -2.16. The molecule has 0 aliphatic rings. The Bertz CT molecular complexity index is 494. The number of alkyl halides is 3. The summed E-state index contributed by atoms with van der Waals surface area (Å²) in [4.78, 5) is 11.6. The molecule has 1 rings (SSSR count). The van der Waals surface area contributed by atoms with Gasteiger partial charge in [0, 0.05) is 31.4 Å². The summed E-state index contributed by atoms with van der Waals surface area (Å²) in [6.07, 6.45) is -1.44. The SMILES string of the molecule is CC(C)CCC(C)NCCn1cc(C(F)(F)F)ccc1=O. The Morgan fingerprint density at radius 1 is 1.19 bits per heavy atom. The van der Waals surface area contributed by atoms with Gasteiger partial charge in [-0.05, 0) is 31.7 Å². The van der Waals surface area contributed by atoms with Crippen molar-refractivity contribution in [3.8, 4) is 0 Å². The molecule has 21 heavy (non-hydrogen) atoms. The van der Waals surface area contributed by atoms with Crippen LogP contribution in [0.15, 0.2) is 23.1 Å². The van der Waals surface area contributed by atoms with Crippen LogP contribution in [0, 0.1) is 5.92 Å².